The van der Waals surface area contributed by atoms with Crippen molar-refractivity contribution < 1.29 is 4.79 Å². The van der Waals surface area contributed by atoms with Crippen LogP contribution in [0.3, 0.4) is 0 Å². The third-order valence-electron chi connectivity index (χ3n) is 3.70. The van der Waals surface area contributed by atoms with Crippen LogP contribution in [0.5, 0.6) is 0 Å². The predicted molar refractivity (Wildman–Crippen MR) is 98.3 cm³/mol. The normalized spacial score (nSPS) is 10.7. The van der Waals surface area contributed by atoms with Crippen LogP contribution < -0.4 is 10.9 Å². The number of amides is 1. The van der Waals surface area contributed by atoms with Gasteiger partial charge >= 0.3 is 0 Å². The van der Waals surface area contributed by atoms with Crippen molar-refractivity contribution in [3.8, 4) is 0 Å². The minimum atomic E-state index is -0.155. The highest BCUT2D eigenvalue weighted by Gasteiger charge is 2.14. The molecule has 0 saturated heterocycles. The second kappa shape index (κ2) is 6.94. The highest BCUT2D eigenvalue weighted by Crippen LogP contribution is 2.22. The smallest absolute Gasteiger partial charge is 0.258 e. The van der Waals surface area contributed by atoms with Crippen LogP contribution in [-0.4, -0.2) is 34.3 Å². The third kappa shape index (κ3) is 3.64. The molecule has 128 valence electrons. The summed E-state index contributed by atoms with van der Waals surface area (Å²) in [5.41, 5.74) is 2.10. The van der Waals surface area contributed by atoms with Crippen LogP contribution in [0, 0.1) is 0 Å². The van der Waals surface area contributed by atoms with Crippen LogP contribution in [0.25, 0.3) is 5.65 Å². The van der Waals surface area contributed by atoms with Gasteiger partial charge in [-0.1, -0.05) is 17.7 Å². The first kappa shape index (κ1) is 17.0. The van der Waals surface area contributed by atoms with E-state index in [9.17, 15) is 9.59 Å². The van der Waals surface area contributed by atoms with Gasteiger partial charge in [-0.15, -0.1) is 0 Å². The molecule has 1 amide bonds. The lowest BCUT2D eigenvalue weighted by Gasteiger charge is -2.15. The summed E-state index contributed by atoms with van der Waals surface area (Å²) < 4.78 is 1.48. The maximum atomic E-state index is 12.3. The summed E-state index contributed by atoms with van der Waals surface area (Å²) in [6, 6.07) is 11.9. The minimum Gasteiger partial charge on any atom is -0.379 e. The Balaban J connectivity index is 1.90. The summed E-state index contributed by atoms with van der Waals surface area (Å²) in [5, 5.41) is 3.67. The zero-order chi connectivity index (χ0) is 18.0. The summed E-state index contributed by atoms with van der Waals surface area (Å²) in [6.45, 7) is 0.300. The summed E-state index contributed by atoms with van der Waals surface area (Å²) in [7, 11) is 3.37. The Morgan fingerprint density at radius 3 is 2.80 bits per heavy atom. The SMILES string of the molecule is CN(C)C(=O)c1ccc(Cl)cc1NCc1cc(=O)n2ccccc2n1. The minimum absolute atomic E-state index is 0.134. The average molecular weight is 357 g/mol. The molecule has 0 aliphatic carbocycles. The number of pyridine rings is 1. The number of carbonyl (C=O) groups excluding carboxylic acids is 1. The largest absolute Gasteiger partial charge is 0.379 e. The number of carbonyl (C=O) groups is 1. The molecule has 25 heavy (non-hydrogen) atoms. The van der Waals surface area contributed by atoms with E-state index in [1.54, 1.807) is 50.6 Å². The number of rotatable bonds is 4. The van der Waals surface area contributed by atoms with Gasteiger partial charge in [0.2, 0.25) is 0 Å². The zero-order valence-electron chi connectivity index (χ0n) is 13.9. The Morgan fingerprint density at radius 1 is 1.24 bits per heavy atom. The van der Waals surface area contributed by atoms with Gasteiger partial charge in [0.25, 0.3) is 11.5 Å². The van der Waals surface area contributed by atoms with E-state index in [1.807, 2.05) is 6.07 Å². The average Bonchev–Trinajstić information content (AvgIpc) is 2.59. The van der Waals surface area contributed by atoms with Crippen LogP contribution in [0.4, 0.5) is 5.69 Å². The topological polar surface area (TPSA) is 66.7 Å². The number of aromatic nitrogens is 2. The van der Waals surface area contributed by atoms with Crippen molar-refractivity contribution in [2.45, 2.75) is 6.54 Å². The molecule has 2 aromatic heterocycles. The van der Waals surface area contributed by atoms with E-state index in [2.05, 4.69) is 10.3 Å². The van der Waals surface area contributed by atoms with Gasteiger partial charge in [-0.25, -0.2) is 4.98 Å². The van der Waals surface area contributed by atoms with Crippen LogP contribution in [0.1, 0.15) is 16.1 Å². The van der Waals surface area contributed by atoms with Crippen molar-refractivity contribution in [2.24, 2.45) is 0 Å². The second-order valence-electron chi connectivity index (χ2n) is 5.76. The molecule has 0 aliphatic rings. The van der Waals surface area contributed by atoms with E-state index in [1.165, 1.54) is 15.4 Å². The van der Waals surface area contributed by atoms with Crippen LogP contribution in [0.2, 0.25) is 5.02 Å². The lowest BCUT2D eigenvalue weighted by Crippen LogP contribution is -2.23. The lowest BCUT2D eigenvalue weighted by atomic mass is 10.1. The fraction of sp³-hybridized carbons (Fsp3) is 0.167. The number of hydrogen-bond donors (Lipinski definition) is 1. The summed E-state index contributed by atoms with van der Waals surface area (Å²) in [6.07, 6.45) is 1.67. The number of halogens is 1. The molecule has 2 heterocycles. The first-order valence-corrected chi connectivity index (χ1v) is 8.06. The van der Waals surface area contributed by atoms with Gasteiger partial charge in [-0.05, 0) is 30.3 Å². The van der Waals surface area contributed by atoms with E-state index in [0.717, 1.165) is 0 Å². The Morgan fingerprint density at radius 2 is 2.04 bits per heavy atom. The molecule has 7 heteroatoms. The van der Waals surface area contributed by atoms with Crippen LogP contribution in [-0.2, 0) is 6.54 Å². The highest BCUT2D eigenvalue weighted by atomic mass is 35.5. The van der Waals surface area contributed by atoms with Crippen molar-refractivity contribution in [1.29, 1.82) is 0 Å². The van der Waals surface area contributed by atoms with Gasteiger partial charge in [-0.3, -0.25) is 14.0 Å². The molecule has 3 rings (SSSR count). The molecule has 0 unspecified atom stereocenters. The van der Waals surface area contributed by atoms with Crippen molar-refractivity contribution in [2.75, 3.05) is 19.4 Å². The molecule has 0 saturated carbocycles. The summed E-state index contributed by atoms with van der Waals surface area (Å²) in [5.74, 6) is -0.134. The molecule has 0 bridgehead atoms. The molecule has 6 nitrogen and oxygen atoms in total. The molecule has 0 atom stereocenters. The molecule has 0 aliphatic heterocycles. The Kier molecular flexibility index (Phi) is 4.72. The standard InChI is InChI=1S/C18H17ClN4O2/c1-22(2)18(25)14-7-6-12(19)9-15(14)20-11-13-10-17(24)23-8-4-3-5-16(23)21-13/h3-10,20H,11H2,1-2H3. The van der Waals surface area contributed by atoms with E-state index < -0.39 is 0 Å². The lowest BCUT2D eigenvalue weighted by molar-refractivity contribution is 0.0828. The van der Waals surface area contributed by atoms with E-state index in [-0.39, 0.29) is 11.5 Å². The van der Waals surface area contributed by atoms with Crippen molar-refractivity contribution in [3.63, 3.8) is 0 Å². The Hall–Kier alpha value is -2.86. The summed E-state index contributed by atoms with van der Waals surface area (Å²) in [4.78, 5) is 30.4. The molecule has 1 aromatic carbocycles. The zero-order valence-corrected chi connectivity index (χ0v) is 14.6. The number of hydrogen-bond acceptors (Lipinski definition) is 4. The maximum absolute atomic E-state index is 12.3. The number of anilines is 1. The van der Waals surface area contributed by atoms with E-state index >= 15 is 0 Å². The first-order chi connectivity index (χ1) is 12.0. The number of nitrogens with one attached hydrogen (secondary N) is 1. The van der Waals surface area contributed by atoms with Gasteiger partial charge in [0.1, 0.15) is 5.65 Å². The molecular formula is C18H17ClN4O2. The molecule has 0 spiro atoms. The third-order valence-corrected chi connectivity index (χ3v) is 3.94. The van der Waals surface area contributed by atoms with Crippen LogP contribution >= 0.6 is 11.6 Å². The first-order valence-electron chi connectivity index (χ1n) is 7.68. The highest BCUT2D eigenvalue weighted by molar-refractivity contribution is 6.31. The molecule has 0 fully saturated rings. The molecule has 3 aromatic rings. The molecule has 1 N–H and O–H groups in total. The van der Waals surface area contributed by atoms with Gasteiger partial charge in [0, 0.05) is 37.1 Å². The van der Waals surface area contributed by atoms with Gasteiger partial charge in [-0.2, -0.15) is 0 Å². The predicted octanol–water partition coefficient (Wildman–Crippen LogP) is 2.66. The fourth-order valence-electron chi connectivity index (χ4n) is 2.47. The van der Waals surface area contributed by atoms with Gasteiger partial charge in [0.15, 0.2) is 0 Å². The monoisotopic (exact) mass is 356 g/mol. The Bertz CT molecular complexity index is 998. The summed E-state index contributed by atoms with van der Waals surface area (Å²) >= 11 is 6.05. The Labute approximate surface area is 149 Å². The number of fused-ring (bicyclic) bond motifs is 1. The quantitative estimate of drug-likeness (QED) is 0.780. The maximum Gasteiger partial charge on any atom is 0.258 e. The van der Waals surface area contributed by atoms with Crippen molar-refractivity contribution >= 4 is 28.8 Å². The fourth-order valence-corrected chi connectivity index (χ4v) is 2.64. The van der Waals surface area contributed by atoms with Crippen molar-refractivity contribution in [1.82, 2.24) is 14.3 Å². The van der Waals surface area contributed by atoms with Gasteiger partial charge in [0.05, 0.1) is 17.8 Å². The second-order valence-corrected chi connectivity index (χ2v) is 6.19. The van der Waals surface area contributed by atoms with Crippen molar-refractivity contribution in [3.05, 3.63) is 75.3 Å². The van der Waals surface area contributed by atoms with Crippen LogP contribution in [0.15, 0.2) is 53.5 Å². The van der Waals surface area contributed by atoms with E-state index in [4.69, 9.17) is 11.6 Å². The number of nitrogens with zero attached hydrogens (tertiary/aromatic N) is 3. The number of benzene rings is 1. The molecular weight excluding hydrogens is 340 g/mol. The van der Waals surface area contributed by atoms with E-state index in [0.29, 0.717) is 34.2 Å². The van der Waals surface area contributed by atoms with Gasteiger partial charge < -0.3 is 10.2 Å². The molecule has 0 radical (unpaired) electrons.